The van der Waals surface area contributed by atoms with Gasteiger partial charge in [0.25, 0.3) is 0 Å². The predicted molar refractivity (Wildman–Crippen MR) is 251 cm³/mol. The smallest absolute Gasteiger partial charge is 0.249 e. The zero-order valence-electron chi connectivity index (χ0n) is 38.8. The van der Waals surface area contributed by atoms with Crippen molar-refractivity contribution in [3.8, 4) is 0 Å². The van der Waals surface area contributed by atoms with Crippen LogP contribution in [0.2, 0.25) is 0 Å². The Morgan fingerprint density at radius 2 is 0.707 bits per heavy atom. The zero-order chi connectivity index (χ0) is 42.4. The summed E-state index contributed by atoms with van der Waals surface area (Å²) >= 11 is 0. The molecule has 0 aromatic carbocycles. The van der Waals surface area contributed by atoms with Gasteiger partial charge in [-0.1, -0.05) is 231 Å². The van der Waals surface area contributed by atoms with Crippen LogP contribution in [-0.2, 0) is 4.79 Å². The fourth-order valence-electron chi connectivity index (χ4n) is 8.05. The summed E-state index contributed by atoms with van der Waals surface area (Å²) in [5, 5.41) is 43.8. The van der Waals surface area contributed by atoms with E-state index in [0.717, 1.165) is 44.9 Å². The second-order valence-corrected chi connectivity index (χ2v) is 17.9. The number of hydrogen-bond acceptors (Lipinski definition) is 5. The molecule has 6 heteroatoms. The molecular weight excluding hydrogens is 719 g/mol. The van der Waals surface area contributed by atoms with Gasteiger partial charge in [-0.25, -0.2) is 0 Å². The van der Waals surface area contributed by atoms with Crippen LogP contribution >= 0.6 is 0 Å². The fraction of sp³-hybridized carbons (Fsp3) is 0.904. The van der Waals surface area contributed by atoms with Crippen molar-refractivity contribution in [2.24, 2.45) is 0 Å². The van der Waals surface area contributed by atoms with Gasteiger partial charge in [0, 0.05) is 0 Å². The fourth-order valence-corrected chi connectivity index (χ4v) is 8.05. The van der Waals surface area contributed by atoms with Crippen molar-refractivity contribution in [3.05, 3.63) is 24.3 Å². The van der Waals surface area contributed by atoms with Crippen molar-refractivity contribution in [1.82, 2.24) is 5.32 Å². The van der Waals surface area contributed by atoms with E-state index in [0.29, 0.717) is 12.8 Å². The van der Waals surface area contributed by atoms with Gasteiger partial charge in [0.2, 0.25) is 5.91 Å². The van der Waals surface area contributed by atoms with E-state index < -0.39 is 36.9 Å². The summed E-state index contributed by atoms with van der Waals surface area (Å²) in [6.45, 7) is 4.07. The number of amides is 1. The van der Waals surface area contributed by atoms with E-state index in [1.807, 2.05) is 0 Å². The molecule has 0 aromatic rings. The molecule has 4 unspecified atom stereocenters. The quantitative estimate of drug-likeness (QED) is 0.0310. The highest BCUT2D eigenvalue weighted by Gasteiger charge is 2.28. The molecule has 0 rings (SSSR count). The Kier molecular flexibility index (Phi) is 45.9. The van der Waals surface area contributed by atoms with Crippen LogP contribution in [0, 0.1) is 0 Å². The van der Waals surface area contributed by atoms with Crippen molar-refractivity contribution in [3.63, 3.8) is 0 Å². The summed E-state index contributed by atoms with van der Waals surface area (Å²) in [5.74, 6) is -0.595. The summed E-state index contributed by atoms with van der Waals surface area (Å²) in [7, 11) is 0. The number of unbranched alkanes of at least 4 members (excludes halogenated alkanes) is 34. The van der Waals surface area contributed by atoms with E-state index >= 15 is 0 Å². The lowest BCUT2D eigenvalue weighted by atomic mass is 10.00. The van der Waals surface area contributed by atoms with E-state index in [4.69, 9.17) is 0 Å². The van der Waals surface area contributed by atoms with Gasteiger partial charge in [-0.15, -0.1) is 0 Å². The van der Waals surface area contributed by atoms with Crippen molar-refractivity contribution >= 4 is 5.91 Å². The molecule has 4 atom stereocenters. The van der Waals surface area contributed by atoms with Gasteiger partial charge in [-0.3, -0.25) is 4.79 Å². The second-order valence-electron chi connectivity index (χ2n) is 17.9. The maximum absolute atomic E-state index is 12.6. The van der Waals surface area contributed by atoms with Crippen LogP contribution in [0.15, 0.2) is 24.3 Å². The largest absolute Gasteiger partial charge is 0.394 e. The van der Waals surface area contributed by atoms with Gasteiger partial charge in [0.1, 0.15) is 12.2 Å². The van der Waals surface area contributed by atoms with Crippen LogP contribution < -0.4 is 5.32 Å². The predicted octanol–water partition coefficient (Wildman–Crippen LogP) is 14.3. The third-order valence-electron chi connectivity index (χ3n) is 12.1. The molecule has 0 radical (unpaired) electrons. The normalized spacial score (nSPS) is 14.1. The Balaban J connectivity index is 3.71. The van der Waals surface area contributed by atoms with E-state index in [9.17, 15) is 25.2 Å². The number of carbonyl (C=O) groups excluding carboxylic acids is 1. The van der Waals surface area contributed by atoms with E-state index in [1.54, 1.807) is 0 Å². The molecule has 1 amide bonds. The maximum atomic E-state index is 12.6. The van der Waals surface area contributed by atoms with Crippen LogP contribution in [-0.4, -0.2) is 57.3 Å². The average molecular weight is 820 g/mol. The van der Waals surface area contributed by atoms with Gasteiger partial charge in [0.05, 0.1) is 18.8 Å². The minimum absolute atomic E-state index is 0.357. The van der Waals surface area contributed by atoms with E-state index in [-0.39, 0.29) is 0 Å². The maximum Gasteiger partial charge on any atom is 0.249 e. The first-order valence-electron chi connectivity index (χ1n) is 25.7. The Bertz CT molecular complexity index is 878. The molecule has 0 aliphatic heterocycles. The topological polar surface area (TPSA) is 110 Å². The summed E-state index contributed by atoms with van der Waals surface area (Å²) in [5.41, 5.74) is 0. The summed E-state index contributed by atoms with van der Waals surface area (Å²) in [4.78, 5) is 12.6. The number of carbonyl (C=O) groups is 1. The van der Waals surface area contributed by atoms with Crippen LogP contribution in [0.1, 0.15) is 271 Å². The van der Waals surface area contributed by atoms with E-state index in [1.165, 1.54) is 199 Å². The molecule has 5 N–H and O–H groups in total. The van der Waals surface area contributed by atoms with Crippen LogP contribution in [0.5, 0.6) is 0 Å². The average Bonchev–Trinajstić information content (AvgIpc) is 3.23. The number of hydrogen-bond donors (Lipinski definition) is 5. The number of rotatable bonds is 47. The van der Waals surface area contributed by atoms with E-state index in [2.05, 4.69) is 43.5 Å². The number of nitrogens with one attached hydrogen (secondary N) is 1. The number of aliphatic hydroxyl groups is 4. The molecule has 0 heterocycles. The van der Waals surface area contributed by atoms with Crippen LogP contribution in [0.25, 0.3) is 0 Å². The summed E-state index contributed by atoms with van der Waals surface area (Å²) in [6.07, 6.45) is 55.1. The molecule has 0 spiro atoms. The van der Waals surface area contributed by atoms with Crippen LogP contribution in [0.4, 0.5) is 0 Å². The second kappa shape index (κ2) is 46.8. The molecular formula is C52H101NO5. The Morgan fingerprint density at radius 3 is 1.03 bits per heavy atom. The lowest BCUT2D eigenvalue weighted by Gasteiger charge is -2.27. The third kappa shape index (κ3) is 40.2. The molecule has 6 nitrogen and oxygen atoms in total. The number of aliphatic hydroxyl groups excluding tert-OH is 4. The molecule has 344 valence electrons. The van der Waals surface area contributed by atoms with Crippen LogP contribution in [0.3, 0.4) is 0 Å². The first-order chi connectivity index (χ1) is 28.5. The highest BCUT2D eigenvalue weighted by Crippen LogP contribution is 2.17. The SMILES string of the molecule is CCCCCCCCCCCCC/C=C\CCCCCCCCC(O)C(=O)NC(CO)C(O)C(O)CCC/C=C/CCCCCCCCCCCCCCCCCC. The molecule has 0 fully saturated rings. The standard InChI is InChI=1S/C52H101NO5/c1-3-5-7-9-11-13-15-17-19-21-23-25-27-29-31-33-35-37-39-41-43-45-49(55)51(57)48(47-54)53-52(58)50(56)46-44-42-40-38-36-34-32-30-28-26-24-22-20-18-16-14-12-10-8-6-4-2/h28,30,37,39,48-51,54-57H,3-27,29,31-36,38,40-47H2,1-2H3,(H,53,58)/b30-28-,39-37+. The molecule has 0 bridgehead atoms. The Labute approximate surface area is 361 Å². The minimum Gasteiger partial charge on any atom is -0.394 e. The van der Waals surface area contributed by atoms with Gasteiger partial charge < -0.3 is 25.7 Å². The molecule has 0 aliphatic rings. The summed E-state index contributed by atoms with van der Waals surface area (Å²) < 4.78 is 0. The highest BCUT2D eigenvalue weighted by atomic mass is 16.3. The lowest BCUT2D eigenvalue weighted by Crippen LogP contribution is -2.53. The molecule has 0 aromatic heterocycles. The minimum atomic E-state index is -1.28. The Morgan fingerprint density at radius 1 is 0.414 bits per heavy atom. The zero-order valence-corrected chi connectivity index (χ0v) is 38.8. The monoisotopic (exact) mass is 820 g/mol. The van der Waals surface area contributed by atoms with Crippen molar-refractivity contribution in [2.45, 2.75) is 295 Å². The van der Waals surface area contributed by atoms with Crippen molar-refractivity contribution < 1.29 is 25.2 Å². The lowest BCUT2D eigenvalue weighted by molar-refractivity contribution is -0.132. The van der Waals surface area contributed by atoms with Gasteiger partial charge in [-0.05, 0) is 64.2 Å². The Hall–Kier alpha value is -1.21. The van der Waals surface area contributed by atoms with Crippen molar-refractivity contribution in [2.75, 3.05) is 6.61 Å². The highest BCUT2D eigenvalue weighted by molar-refractivity contribution is 5.80. The van der Waals surface area contributed by atoms with Gasteiger partial charge in [-0.2, -0.15) is 0 Å². The molecule has 0 aliphatic carbocycles. The van der Waals surface area contributed by atoms with Gasteiger partial charge in [0.15, 0.2) is 0 Å². The molecule has 0 saturated heterocycles. The molecule has 0 saturated carbocycles. The van der Waals surface area contributed by atoms with Gasteiger partial charge >= 0.3 is 0 Å². The summed E-state index contributed by atoms with van der Waals surface area (Å²) in [6, 6.07) is -1.00. The first kappa shape index (κ1) is 56.8. The first-order valence-corrected chi connectivity index (χ1v) is 25.7. The number of allylic oxidation sites excluding steroid dienone is 4. The third-order valence-corrected chi connectivity index (χ3v) is 12.1. The van der Waals surface area contributed by atoms with Crippen molar-refractivity contribution in [1.29, 1.82) is 0 Å². The molecule has 58 heavy (non-hydrogen) atoms.